The van der Waals surface area contributed by atoms with Gasteiger partial charge in [0.2, 0.25) is 5.01 Å². The molecule has 1 aliphatic heterocycles. The number of rotatable bonds is 4. The Morgan fingerprint density at radius 2 is 1.84 bits per heavy atom. The van der Waals surface area contributed by atoms with Crippen molar-refractivity contribution in [1.82, 2.24) is 15.1 Å². The lowest BCUT2D eigenvalue weighted by Crippen LogP contribution is -2.41. The number of amides is 3. The third-order valence-corrected chi connectivity index (χ3v) is 6.03. The predicted molar refractivity (Wildman–Crippen MR) is 113 cm³/mol. The normalized spacial score (nSPS) is 16.0. The van der Waals surface area contributed by atoms with Gasteiger partial charge in [0, 0.05) is 30.8 Å². The first kappa shape index (κ1) is 21.8. The topological polar surface area (TPSA) is 87.2 Å². The second kappa shape index (κ2) is 9.35. The highest BCUT2D eigenvalue weighted by atomic mass is 32.1. The number of benzene rings is 2. The average Bonchev–Trinajstić information content (AvgIpc) is 3.27. The molecule has 1 saturated heterocycles. The number of halogens is 3. The first-order chi connectivity index (χ1) is 15.4. The fourth-order valence-electron chi connectivity index (χ4n) is 3.39. The number of piperidine rings is 1. The summed E-state index contributed by atoms with van der Waals surface area (Å²) in [5, 5.41) is 13.7. The molecule has 1 unspecified atom stereocenters. The maximum atomic E-state index is 13.8. The fourth-order valence-corrected chi connectivity index (χ4v) is 4.26. The van der Waals surface area contributed by atoms with Crippen LogP contribution in [-0.2, 0) is 0 Å². The zero-order valence-electron chi connectivity index (χ0n) is 16.6. The molecule has 1 atom stereocenters. The van der Waals surface area contributed by atoms with E-state index < -0.39 is 29.4 Å². The van der Waals surface area contributed by atoms with Gasteiger partial charge in [-0.15, -0.1) is 10.2 Å². The molecule has 2 heterocycles. The standard InChI is InChI=1S/C21H18F3N5O2S/c22-13-4-1-5-15(9-13)25-18(30)20-28-27-19(32-20)12-3-2-8-29(11-12)21(31)26-17-10-14(23)6-7-16(17)24/h1,4-7,9-10,12H,2-3,8,11H2,(H,25,30)(H,26,31). The van der Waals surface area contributed by atoms with E-state index in [1.54, 1.807) is 6.07 Å². The molecule has 11 heteroatoms. The van der Waals surface area contributed by atoms with Gasteiger partial charge in [-0.2, -0.15) is 0 Å². The van der Waals surface area contributed by atoms with Crippen LogP contribution in [0.5, 0.6) is 0 Å². The number of likely N-dealkylation sites (tertiary alicyclic amines) is 1. The van der Waals surface area contributed by atoms with Crippen LogP contribution in [0.1, 0.15) is 33.6 Å². The van der Waals surface area contributed by atoms with Crippen LogP contribution in [0.15, 0.2) is 42.5 Å². The molecular weight excluding hydrogens is 443 g/mol. The van der Waals surface area contributed by atoms with E-state index in [-0.39, 0.29) is 16.6 Å². The number of aromatic nitrogens is 2. The SMILES string of the molecule is O=C(Nc1cccc(F)c1)c1nnc(C2CCCN(C(=O)Nc3cc(F)ccc3F)C2)s1. The first-order valence-electron chi connectivity index (χ1n) is 9.80. The summed E-state index contributed by atoms with van der Waals surface area (Å²) in [5.41, 5.74) is 0.0705. The summed E-state index contributed by atoms with van der Waals surface area (Å²) in [6.45, 7) is 0.744. The number of nitrogens with one attached hydrogen (secondary N) is 2. The molecule has 166 valence electrons. The fraction of sp³-hybridized carbons (Fsp3) is 0.238. The summed E-state index contributed by atoms with van der Waals surface area (Å²) in [6.07, 6.45) is 1.41. The van der Waals surface area contributed by atoms with E-state index in [9.17, 15) is 22.8 Å². The Balaban J connectivity index is 1.40. The highest BCUT2D eigenvalue weighted by Gasteiger charge is 2.28. The Kier molecular flexibility index (Phi) is 6.35. The average molecular weight is 461 g/mol. The van der Waals surface area contributed by atoms with Crippen LogP contribution in [-0.4, -0.2) is 40.1 Å². The second-order valence-electron chi connectivity index (χ2n) is 7.25. The summed E-state index contributed by atoms with van der Waals surface area (Å²) in [5.74, 6) is -2.52. The van der Waals surface area contributed by atoms with Crippen molar-refractivity contribution in [2.24, 2.45) is 0 Å². The summed E-state index contributed by atoms with van der Waals surface area (Å²) >= 11 is 1.10. The van der Waals surface area contributed by atoms with Crippen molar-refractivity contribution in [1.29, 1.82) is 0 Å². The van der Waals surface area contributed by atoms with Crippen LogP contribution < -0.4 is 10.6 Å². The maximum absolute atomic E-state index is 13.8. The lowest BCUT2D eigenvalue weighted by Gasteiger charge is -2.31. The number of urea groups is 1. The minimum absolute atomic E-state index is 0.118. The lowest BCUT2D eigenvalue weighted by molar-refractivity contribution is 0.102. The molecule has 3 amide bonds. The molecule has 0 saturated carbocycles. The van der Waals surface area contributed by atoms with E-state index in [0.29, 0.717) is 30.2 Å². The summed E-state index contributed by atoms with van der Waals surface area (Å²) in [7, 11) is 0. The molecule has 0 spiro atoms. The van der Waals surface area contributed by atoms with E-state index in [0.717, 1.165) is 36.0 Å². The van der Waals surface area contributed by atoms with Crippen LogP contribution in [0, 0.1) is 17.5 Å². The Morgan fingerprint density at radius 1 is 1.03 bits per heavy atom. The third kappa shape index (κ3) is 5.05. The van der Waals surface area contributed by atoms with Crippen molar-refractivity contribution < 1.29 is 22.8 Å². The number of nitrogens with zero attached hydrogens (tertiary/aromatic N) is 3. The van der Waals surface area contributed by atoms with Gasteiger partial charge >= 0.3 is 6.03 Å². The minimum Gasteiger partial charge on any atom is -0.324 e. The van der Waals surface area contributed by atoms with Gasteiger partial charge in [-0.05, 0) is 43.2 Å². The van der Waals surface area contributed by atoms with Gasteiger partial charge in [0.15, 0.2) is 0 Å². The minimum atomic E-state index is -0.730. The van der Waals surface area contributed by atoms with Crippen LogP contribution in [0.4, 0.5) is 29.3 Å². The summed E-state index contributed by atoms with van der Waals surface area (Å²) in [4.78, 5) is 26.4. The van der Waals surface area contributed by atoms with E-state index in [1.807, 2.05) is 0 Å². The van der Waals surface area contributed by atoms with Gasteiger partial charge in [-0.3, -0.25) is 4.79 Å². The third-order valence-electron chi connectivity index (χ3n) is 4.95. The Labute approximate surface area is 185 Å². The van der Waals surface area contributed by atoms with Crippen molar-refractivity contribution in [3.63, 3.8) is 0 Å². The number of carbonyl (C=O) groups excluding carboxylic acids is 2. The summed E-state index contributed by atoms with van der Waals surface area (Å²) < 4.78 is 40.5. The molecule has 7 nitrogen and oxygen atoms in total. The number of anilines is 2. The highest BCUT2D eigenvalue weighted by Crippen LogP contribution is 2.30. The molecule has 3 aromatic rings. The molecule has 2 aromatic carbocycles. The quantitative estimate of drug-likeness (QED) is 0.594. The largest absolute Gasteiger partial charge is 0.324 e. The van der Waals surface area contributed by atoms with Crippen molar-refractivity contribution >= 4 is 34.6 Å². The Morgan fingerprint density at radius 3 is 2.66 bits per heavy atom. The molecule has 32 heavy (non-hydrogen) atoms. The van der Waals surface area contributed by atoms with Gasteiger partial charge in [0.25, 0.3) is 5.91 Å². The van der Waals surface area contributed by atoms with Crippen LogP contribution >= 0.6 is 11.3 Å². The van der Waals surface area contributed by atoms with Crippen molar-refractivity contribution in [2.75, 3.05) is 23.7 Å². The Hall–Kier alpha value is -3.47. The zero-order chi connectivity index (χ0) is 22.7. The number of hydrogen-bond donors (Lipinski definition) is 2. The number of carbonyl (C=O) groups is 2. The van der Waals surface area contributed by atoms with Gasteiger partial charge in [0.1, 0.15) is 22.5 Å². The van der Waals surface area contributed by atoms with Crippen LogP contribution in [0.2, 0.25) is 0 Å². The van der Waals surface area contributed by atoms with Crippen molar-refractivity contribution in [3.8, 4) is 0 Å². The molecule has 1 fully saturated rings. The molecule has 4 rings (SSSR count). The smallest absolute Gasteiger partial charge is 0.321 e. The summed E-state index contributed by atoms with van der Waals surface area (Å²) in [6, 6.07) is 7.79. The zero-order valence-corrected chi connectivity index (χ0v) is 17.5. The van der Waals surface area contributed by atoms with E-state index in [2.05, 4.69) is 20.8 Å². The van der Waals surface area contributed by atoms with Crippen molar-refractivity contribution in [2.45, 2.75) is 18.8 Å². The van der Waals surface area contributed by atoms with E-state index in [1.165, 1.54) is 23.1 Å². The van der Waals surface area contributed by atoms with Gasteiger partial charge < -0.3 is 15.5 Å². The first-order valence-corrected chi connectivity index (χ1v) is 10.6. The predicted octanol–water partition coefficient (Wildman–Crippen LogP) is 4.62. The monoisotopic (exact) mass is 461 g/mol. The molecule has 0 bridgehead atoms. The van der Waals surface area contributed by atoms with Gasteiger partial charge in [0.05, 0.1) is 5.69 Å². The van der Waals surface area contributed by atoms with Crippen LogP contribution in [0.3, 0.4) is 0 Å². The molecule has 1 aromatic heterocycles. The van der Waals surface area contributed by atoms with E-state index in [4.69, 9.17) is 0 Å². The van der Waals surface area contributed by atoms with Gasteiger partial charge in [-0.1, -0.05) is 17.4 Å². The number of hydrogen-bond acceptors (Lipinski definition) is 5. The lowest BCUT2D eigenvalue weighted by atomic mass is 9.99. The van der Waals surface area contributed by atoms with Crippen LogP contribution in [0.25, 0.3) is 0 Å². The second-order valence-corrected chi connectivity index (χ2v) is 8.26. The van der Waals surface area contributed by atoms with Gasteiger partial charge in [-0.25, -0.2) is 18.0 Å². The maximum Gasteiger partial charge on any atom is 0.321 e. The highest BCUT2D eigenvalue weighted by molar-refractivity contribution is 7.13. The molecule has 0 radical (unpaired) electrons. The Bertz CT molecular complexity index is 1160. The molecular formula is C21H18F3N5O2S. The van der Waals surface area contributed by atoms with E-state index >= 15 is 0 Å². The van der Waals surface area contributed by atoms with Crippen molar-refractivity contribution in [3.05, 3.63) is 69.9 Å². The molecule has 1 aliphatic rings. The molecule has 0 aliphatic carbocycles. The molecule has 2 N–H and O–H groups in total.